The second kappa shape index (κ2) is 21.1. The summed E-state index contributed by atoms with van der Waals surface area (Å²) in [6.45, 7) is 10.9. The van der Waals surface area contributed by atoms with E-state index in [0.29, 0.717) is 18.1 Å². The van der Waals surface area contributed by atoms with Gasteiger partial charge in [0.25, 0.3) is 16.0 Å². The molecule has 1 aromatic heterocycles. The molecule has 41 heavy (non-hydrogen) atoms. The molecular weight excluding hydrogens is 536 g/mol. The fourth-order valence-electron chi connectivity index (χ4n) is 5.42. The Morgan fingerprint density at radius 3 is 1.80 bits per heavy atom. The van der Waals surface area contributed by atoms with Crippen LogP contribution in [0.5, 0.6) is 0 Å². The van der Waals surface area contributed by atoms with E-state index in [2.05, 4.69) is 33.9 Å². The molecule has 1 saturated heterocycles. The van der Waals surface area contributed by atoms with E-state index in [1.165, 1.54) is 70.6 Å². The fraction of sp³-hybridized carbons (Fsp3) is 0.812. The van der Waals surface area contributed by atoms with Crippen molar-refractivity contribution in [1.29, 1.82) is 0 Å². The van der Waals surface area contributed by atoms with Crippen molar-refractivity contribution in [2.75, 3.05) is 57.0 Å². The topological polar surface area (TPSA) is 91.8 Å². The van der Waals surface area contributed by atoms with Crippen LogP contribution in [-0.2, 0) is 14.3 Å². The number of pyridine rings is 1. The highest BCUT2D eigenvalue weighted by Gasteiger charge is 2.18. The molecule has 2 heterocycles. The SMILES string of the molecule is CC(C)CN1CCN(c2ccc(C(=O)NCCCCCCCCCCCCCCCCCOS(C)(=O)=O)cn2)CC1. The third kappa shape index (κ3) is 17.8. The number of nitrogens with one attached hydrogen (secondary N) is 1. The van der Waals surface area contributed by atoms with Gasteiger partial charge in [0, 0.05) is 45.5 Å². The van der Waals surface area contributed by atoms with Crippen molar-refractivity contribution in [1.82, 2.24) is 15.2 Å². The Morgan fingerprint density at radius 2 is 1.34 bits per heavy atom. The van der Waals surface area contributed by atoms with Gasteiger partial charge in [-0.25, -0.2) is 4.98 Å². The van der Waals surface area contributed by atoms with Gasteiger partial charge in [0.15, 0.2) is 0 Å². The van der Waals surface area contributed by atoms with Crippen LogP contribution in [0.25, 0.3) is 0 Å². The van der Waals surface area contributed by atoms with Crippen LogP contribution in [0.1, 0.15) is 121 Å². The van der Waals surface area contributed by atoms with Crippen molar-refractivity contribution in [3.8, 4) is 0 Å². The van der Waals surface area contributed by atoms with Gasteiger partial charge in [-0.2, -0.15) is 8.42 Å². The summed E-state index contributed by atoms with van der Waals surface area (Å²) < 4.78 is 26.5. The Hall–Kier alpha value is -1.71. The van der Waals surface area contributed by atoms with Gasteiger partial charge >= 0.3 is 0 Å². The molecule has 0 aromatic carbocycles. The van der Waals surface area contributed by atoms with Gasteiger partial charge in [-0.05, 0) is 30.9 Å². The first-order valence-electron chi connectivity index (χ1n) is 16.3. The van der Waals surface area contributed by atoms with Gasteiger partial charge in [-0.1, -0.05) is 97.3 Å². The number of aromatic nitrogens is 1. The molecule has 0 bridgehead atoms. The smallest absolute Gasteiger partial charge is 0.264 e. The van der Waals surface area contributed by atoms with Crippen molar-refractivity contribution < 1.29 is 17.4 Å². The number of carbonyl (C=O) groups is 1. The molecule has 0 saturated carbocycles. The zero-order valence-corrected chi connectivity index (χ0v) is 27.1. The minimum Gasteiger partial charge on any atom is -0.354 e. The van der Waals surface area contributed by atoms with E-state index < -0.39 is 10.1 Å². The first-order valence-corrected chi connectivity index (χ1v) is 18.1. The van der Waals surface area contributed by atoms with E-state index in [-0.39, 0.29) is 5.91 Å². The van der Waals surface area contributed by atoms with Crippen molar-refractivity contribution in [2.45, 2.75) is 110 Å². The number of hydrogen-bond acceptors (Lipinski definition) is 7. The Morgan fingerprint density at radius 1 is 0.829 bits per heavy atom. The van der Waals surface area contributed by atoms with Gasteiger partial charge in [-0.3, -0.25) is 13.9 Å². The summed E-state index contributed by atoms with van der Waals surface area (Å²) in [4.78, 5) is 21.9. The van der Waals surface area contributed by atoms with Crippen LogP contribution in [0, 0.1) is 5.92 Å². The number of piperazine rings is 1. The molecule has 1 aromatic rings. The second-order valence-corrected chi connectivity index (χ2v) is 13.8. The molecule has 2 rings (SSSR count). The highest BCUT2D eigenvalue weighted by Crippen LogP contribution is 2.16. The lowest BCUT2D eigenvalue weighted by Crippen LogP contribution is -2.47. The summed E-state index contributed by atoms with van der Waals surface area (Å²) in [7, 11) is -3.28. The van der Waals surface area contributed by atoms with Crippen LogP contribution < -0.4 is 10.2 Å². The molecule has 0 spiro atoms. The molecule has 0 unspecified atom stereocenters. The maximum absolute atomic E-state index is 12.5. The number of nitrogens with zero attached hydrogens (tertiary/aromatic N) is 3. The van der Waals surface area contributed by atoms with Crippen molar-refractivity contribution in [3.63, 3.8) is 0 Å². The lowest BCUT2D eigenvalue weighted by Gasteiger charge is -2.36. The van der Waals surface area contributed by atoms with Gasteiger partial charge < -0.3 is 10.2 Å². The summed E-state index contributed by atoms with van der Waals surface area (Å²) in [6.07, 6.45) is 21.0. The average Bonchev–Trinajstić information content (AvgIpc) is 2.94. The van der Waals surface area contributed by atoms with Crippen molar-refractivity contribution in [3.05, 3.63) is 23.9 Å². The summed E-state index contributed by atoms with van der Waals surface area (Å²) in [6, 6.07) is 3.89. The third-order valence-corrected chi connectivity index (χ3v) is 8.33. The van der Waals surface area contributed by atoms with Crippen LogP contribution in [-0.4, -0.2) is 76.3 Å². The fourth-order valence-corrected chi connectivity index (χ4v) is 5.84. The third-order valence-electron chi connectivity index (χ3n) is 7.73. The summed E-state index contributed by atoms with van der Waals surface area (Å²) in [5.41, 5.74) is 0.643. The van der Waals surface area contributed by atoms with Crippen molar-refractivity contribution in [2.24, 2.45) is 5.92 Å². The van der Waals surface area contributed by atoms with E-state index in [9.17, 15) is 13.2 Å². The largest absolute Gasteiger partial charge is 0.354 e. The Labute approximate surface area is 251 Å². The Bertz CT molecular complexity index is 916. The molecule has 1 amide bonds. The first kappa shape index (κ1) is 35.5. The van der Waals surface area contributed by atoms with Crippen LogP contribution >= 0.6 is 0 Å². The first-order chi connectivity index (χ1) is 19.7. The van der Waals surface area contributed by atoms with Crippen LogP contribution in [0.4, 0.5) is 5.82 Å². The van der Waals surface area contributed by atoms with E-state index in [1.54, 1.807) is 6.20 Å². The Balaban J connectivity index is 1.36. The molecule has 1 N–H and O–H groups in total. The lowest BCUT2D eigenvalue weighted by atomic mass is 10.0. The number of hydrogen-bond donors (Lipinski definition) is 1. The van der Waals surface area contributed by atoms with E-state index in [4.69, 9.17) is 4.18 Å². The molecule has 0 aliphatic carbocycles. The van der Waals surface area contributed by atoms with E-state index in [1.807, 2.05) is 12.1 Å². The molecule has 9 heteroatoms. The predicted octanol–water partition coefficient (Wildman–Crippen LogP) is 6.42. The minimum absolute atomic E-state index is 0.0231. The highest BCUT2D eigenvalue weighted by molar-refractivity contribution is 7.85. The lowest BCUT2D eigenvalue weighted by molar-refractivity contribution is 0.0952. The zero-order valence-electron chi connectivity index (χ0n) is 26.2. The summed E-state index contributed by atoms with van der Waals surface area (Å²) in [5, 5.41) is 3.05. The normalized spacial score (nSPS) is 14.6. The van der Waals surface area contributed by atoms with Crippen molar-refractivity contribution >= 4 is 21.8 Å². The highest BCUT2D eigenvalue weighted by atomic mass is 32.2. The monoisotopic (exact) mass is 594 g/mol. The van der Waals surface area contributed by atoms with Crippen LogP contribution in [0.15, 0.2) is 18.3 Å². The van der Waals surface area contributed by atoms with Gasteiger partial charge in [0.05, 0.1) is 18.4 Å². The quantitative estimate of drug-likeness (QED) is 0.116. The molecular formula is C32H58N4O4S. The summed E-state index contributed by atoms with van der Waals surface area (Å²) in [5.74, 6) is 1.64. The molecule has 8 nitrogen and oxygen atoms in total. The minimum atomic E-state index is -3.28. The molecule has 1 aliphatic heterocycles. The number of carbonyl (C=O) groups excluding carboxylic acids is 1. The molecule has 1 fully saturated rings. The predicted molar refractivity (Wildman–Crippen MR) is 170 cm³/mol. The maximum atomic E-state index is 12.5. The summed E-state index contributed by atoms with van der Waals surface area (Å²) >= 11 is 0. The number of unbranched alkanes of at least 4 members (excludes halogenated alkanes) is 14. The zero-order chi connectivity index (χ0) is 29.8. The molecule has 0 atom stereocenters. The second-order valence-electron chi connectivity index (χ2n) is 12.2. The average molecular weight is 595 g/mol. The van der Waals surface area contributed by atoms with Gasteiger partial charge in [0.2, 0.25) is 0 Å². The Kier molecular flexibility index (Phi) is 18.2. The van der Waals surface area contributed by atoms with Gasteiger partial charge in [0.1, 0.15) is 5.82 Å². The van der Waals surface area contributed by atoms with E-state index >= 15 is 0 Å². The number of rotatable bonds is 23. The standard InChI is InChI=1S/C32H58N4O4S/c1-29(2)28-35-22-24-36(25-23-35)31-20-19-30(27-34-31)32(37)33-21-17-15-13-11-9-7-5-4-6-8-10-12-14-16-18-26-40-41(3,38)39/h19-20,27,29H,4-18,21-26,28H2,1-3H3,(H,33,37). The molecule has 0 radical (unpaired) electrons. The van der Waals surface area contributed by atoms with Crippen LogP contribution in [0.2, 0.25) is 0 Å². The number of amides is 1. The molecule has 236 valence electrons. The maximum Gasteiger partial charge on any atom is 0.264 e. The van der Waals surface area contributed by atoms with Gasteiger partial charge in [-0.15, -0.1) is 0 Å². The number of anilines is 1. The van der Waals surface area contributed by atoms with Crippen LogP contribution in [0.3, 0.4) is 0 Å². The molecule has 1 aliphatic rings. The van der Waals surface area contributed by atoms with E-state index in [0.717, 1.165) is 77.0 Å².